The summed E-state index contributed by atoms with van der Waals surface area (Å²) >= 11 is 0. The SMILES string of the molecule is [C-]#[N+]c1cc(-c2ccc(C(F)(F)F)nc2)cc(F)n1. The molecule has 7 heteroatoms. The second kappa shape index (κ2) is 4.65. The highest BCUT2D eigenvalue weighted by atomic mass is 19.4. The maximum absolute atomic E-state index is 13.1. The predicted molar refractivity (Wildman–Crippen MR) is 58.7 cm³/mol. The predicted octanol–water partition coefficient (Wildman–Crippen LogP) is 3.85. The van der Waals surface area contributed by atoms with Crippen LogP contribution in [0, 0.1) is 12.5 Å². The number of hydrogen-bond acceptors (Lipinski definition) is 2. The van der Waals surface area contributed by atoms with Crippen LogP contribution in [0.15, 0.2) is 30.5 Å². The highest BCUT2D eigenvalue weighted by molar-refractivity contribution is 5.65. The van der Waals surface area contributed by atoms with Crippen molar-refractivity contribution >= 4 is 5.82 Å². The summed E-state index contributed by atoms with van der Waals surface area (Å²) in [6.45, 7) is 6.75. The van der Waals surface area contributed by atoms with Crippen molar-refractivity contribution in [1.29, 1.82) is 0 Å². The Morgan fingerprint density at radius 3 is 2.37 bits per heavy atom. The van der Waals surface area contributed by atoms with E-state index in [4.69, 9.17) is 6.57 Å². The van der Waals surface area contributed by atoms with Crippen LogP contribution in [-0.4, -0.2) is 9.97 Å². The molecule has 2 aromatic rings. The second-order valence-corrected chi connectivity index (χ2v) is 3.58. The van der Waals surface area contributed by atoms with Crippen LogP contribution in [0.2, 0.25) is 0 Å². The molecule has 0 bridgehead atoms. The molecule has 96 valence electrons. The van der Waals surface area contributed by atoms with E-state index in [-0.39, 0.29) is 16.9 Å². The summed E-state index contributed by atoms with van der Waals surface area (Å²) < 4.78 is 50.1. The summed E-state index contributed by atoms with van der Waals surface area (Å²) in [5.74, 6) is -1.04. The number of alkyl halides is 3. The Morgan fingerprint density at radius 2 is 1.84 bits per heavy atom. The Morgan fingerprint density at radius 1 is 1.11 bits per heavy atom. The molecular formula is C12H5F4N3. The van der Waals surface area contributed by atoms with Crippen molar-refractivity contribution in [3.63, 3.8) is 0 Å². The van der Waals surface area contributed by atoms with Gasteiger partial charge in [0.25, 0.3) is 5.82 Å². The van der Waals surface area contributed by atoms with Crippen molar-refractivity contribution in [2.45, 2.75) is 6.18 Å². The Kier molecular flexibility index (Phi) is 3.17. The van der Waals surface area contributed by atoms with Crippen molar-refractivity contribution in [3.05, 3.63) is 53.5 Å². The number of nitrogens with zero attached hydrogens (tertiary/aromatic N) is 3. The van der Waals surface area contributed by atoms with Crippen molar-refractivity contribution in [3.8, 4) is 11.1 Å². The summed E-state index contributed by atoms with van der Waals surface area (Å²) in [6, 6.07) is 4.27. The lowest BCUT2D eigenvalue weighted by Crippen LogP contribution is -2.07. The number of hydrogen-bond donors (Lipinski definition) is 0. The molecule has 2 rings (SSSR count). The zero-order valence-corrected chi connectivity index (χ0v) is 9.24. The normalized spacial score (nSPS) is 11.1. The van der Waals surface area contributed by atoms with Crippen LogP contribution >= 0.6 is 0 Å². The number of halogens is 4. The van der Waals surface area contributed by atoms with Crippen LogP contribution in [0.25, 0.3) is 16.0 Å². The van der Waals surface area contributed by atoms with E-state index in [9.17, 15) is 17.6 Å². The minimum absolute atomic E-state index is 0.171. The zero-order valence-electron chi connectivity index (χ0n) is 9.24. The fourth-order valence-corrected chi connectivity index (χ4v) is 1.44. The summed E-state index contributed by atoms with van der Waals surface area (Å²) in [5, 5.41) is 0. The lowest BCUT2D eigenvalue weighted by atomic mass is 10.1. The smallest absolute Gasteiger partial charge is 0.361 e. The van der Waals surface area contributed by atoms with E-state index in [1.165, 1.54) is 12.1 Å². The molecule has 0 aliphatic heterocycles. The molecule has 0 atom stereocenters. The van der Waals surface area contributed by atoms with Crippen molar-refractivity contribution in [1.82, 2.24) is 9.97 Å². The van der Waals surface area contributed by atoms with Gasteiger partial charge in [-0.15, -0.1) is 0 Å². The topological polar surface area (TPSA) is 30.1 Å². The third-order valence-electron chi connectivity index (χ3n) is 2.28. The maximum Gasteiger partial charge on any atom is 0.433 e. The summed E-state index contributed by atoms with van der Waals surface area (Å²) in [4.78, 5) is 9.55. The molecule has 3 nitrogen and oxygen atoms in total. The average molecular weight is 267 g/mol. The van der Waals surface area contributed by atoms with E-state index in [1.54, 1.807) is 0 Å². The first-order valence-electron chi connectivity index (χ1n) is 4.99. The van der Waals surface area contributed by atoms with Crippen molar-refractivity contribution < 1.29 is 17.6 Å². The van der Waals surface area contributed by atoms with E-state index in [1.807, 2.05) is 0 Å². The molecule has 2 heterocycles. The standard InChI is InChI=1S/C12H5F4N3/c1-17-11-5-8(4-10(13)19-11)7-2-3-9(18-6-7)12(14,15)16/h2-6H. The van der Waals surface area contributed by atoms with Gasteiger partial charge in [0.1, 0.15) is 5.69 Å². The molecule has 2 aromatic heterocycles. The molecule has 0 saturated carbocycles. The van der Waals surface area contributed by atoms with Gasteiger partial charge >= 0.3 is 12.1 Å². The van der Waals surface area contributed by atoms with Crippen molar-refractivity contribution in [2.75, 3.05) is 0 Å². The third-order valence-corrected chi connectivity index (χ3v) is 2.28. The first-order valence-corrected chi connectivity index (χ1v) is 4.99. The molecule has 0 N–H and O–H groups in total. The number of pyridine rings is 2. The first-order chi connectivity index (χ1) is 8.90. The highest BCUT2D eigenvalue weighted by Gasteiger charge is 2.32. The minimum Gasteiger partial charge on any atom is -0.361 e. The molecule has 0 radical (unpaired) electrons. The lowest BCUT2D eigenvalue weighted by molar-refractivity contribution is -0.141. The van der Waals surface area contributed by atoms with Gasteiger partial charge in [-0.1, -0.05) is 17.6 Å². The second-order valence-electron chi connectivity index (χ2n) is 3.58. The molecule has 0 amide bonds. The van der Waals surface area contributed by atoms with Crippen LogP contribution in [0.3, 0.4) is 0 Å². The zero-order chi connectivity index (χ0) is 14.0. The van der Waals surface area contributed by atoms with Gasteiger partial charge in [-0.3, -0.25) is 4.98 Å². The van der Waals surface area contributed by atoms with E-state index >= 15 is 0 Å². The lowest BCUT2D eigenvalue weighted by Gasteiger charge is -2.06. The number of aromatic nitrogens is 2. The monoisotopic (exact) mass is 267 g/mol. The van der Waals surface area contributed by atoms with E-state index < -0.39 is 17.8 Å². The van der Waals surface area contributed by atoms with Gasteiger partial charge in [-0.25, -0.2) is 0 Å². The fraction of sp³-hybridized carbons (Fsp3) is 0.0833. The van der Waals surface area contributed by atoms with Gasteiger partial charge in [-0.05, 0) is 23.3 Å². The quantitative estimate of drug-likeness (QED) is 0.446. The molecule has 0 aromatic carbocycles. The Labute approximate surface area is 105 Å². The molecule has 19 heavy (non-hydrogen) atoms. The average Bonchev–Trinajstić information content (AvgIpc) is 2.37. The molecule has 0 unspecified atom stereocenters. The minimum atomic E-state index is -4.52. The largest absolute Gasteiger partial charge is 0.433 e. The fourth-order valence-electron chi connectivity index (χ4n) is 1.44. The Bertz CT molecular complexity index is 642. The van der Waals surface area contributed by atoms with Gasteiger partial charge in [-0.2, -0.15) is 17.6 Å². The van der Waals surface area contributed by atoms with Gasteiger partial charge in [0.2, 0.25) is 0 Å². The Hall–Kier alpha value is -2.49. The highest BCUT2D eigenvalue weighted by Crippen LogP contribution is 2.29. The van der Waals surface area contributed by atoms with Gasteiger partial charge in [0.05, 0.1) is 0 Å². The van der Waals surface area contributed by atoms with Crippen LogP contribution in [0.1, 0.15) is 5.69 Å². The Balaban J connectivity index is 2.43. The summed E-state index contributed by atoms with van der Waals surface area (Å²) in [5.41, 5.74) is -0.505. The van der Waals surface area contributed by atoms with Crippen molar-refractivity contribution in [2.24, 2.45) is 0 Å². The molecule has 0 fully saturated rings. The van der Waals surface area contributed by atoms with Gasteiger partial charge < -0.3 is 4.85 Å². The maximum atomic E-state index is 13.1. The van der Waals surface area contributed by atoms with Gasteiger partial charge in [0, 0.05) is 12.3 Å². The third kappa shape index (κ3) is 2.85. The summed E-state index contributed by atoms with van der Waals surface area (Å²) in [7, 11) is 0. The first kappa shape index (κ1) is 13.0. The van der Waals surface area contributed by atoms with E-state index in [2.05, 4.69) is 14.8 Å². The molecule has 0 saturated heterocycles. The van der Waals surface area contributed by atoms with Crippen LogP contribution in [0.4, 0.5) is 23.4 Å². The van der Waals surface area contributed by atoms with Gasteiger partial charge in [0.15, 0.2) is 0 Å². The molecule has 0 aliphatic carbocycles. The molecule has 0 spiro atoms. The van der Waals surface area contributed by atoms with Crippen LogP contribution in [0.5, 0.6) is 0 Å². The molecular weight excluding hydrogens is 262 g/mol. The summed E-state index contributed by atoms with van der Waals surface area (Å²) in [6.07, 6.45) is -3.55. The van der Waals surface area contributed by atoms with E-state index in [0.29, 0.717) is 0 Å². The molecule has 0 aliphatic rings. The van der Waals surface area contributed by atoms with Crippen LogP contribution < -0.4 is 0 Å². The number of rotatable bonds is 1. The van der Waals surface area contributed by atoms with Crippen LogP contribution in [-0.2, 0) is 6.18 Å². The van der Waals surface area contributed by atoms with E-state index in [0.717, 1.165) is 18.3 Å².